The zero-order valence-corrected chi connectivity index (χ0v) is 14.7. The number of esters is 2. The van der Waals surface area contributed by atoms with Crippen LogP contribution in [0.1, 0.15) is 39.3 Å². The number of rotatable bonds is 6. The second kappa shape index (κ2) is 7.90. The molecule has 0 radical (unpaired) electrons. The number of nitro groups is 1. The molecule has 2 heterocycles. The summed E-state index contributed by atoms with van der Waals surface area (Å²) >= 11 is 0. The topological polar surface area (TPSA) is 112 Å². The van der Waals surface area contributed by atoms with Crippen molar-refractivity contribution in [2.24, 2.45) is 0 Å². The van der Waals surface area contributed by atoms with E-state index in [4.69, 9.17) is 9.15 Å². The summed E-state index contributed by atoms with van der Waals surface area (Å²) in [6.07, 6.45) is 3.24. The zero-order chi connectivity index (χ0) is 19.4. The number of nitrogens with zero attached hydrogens (tertiary/aromatic N) is 2. The number of hydrogen-bond donors (Lipinski definition) is 0. The maximum Gasteiger partial charge on any atom is 0.374 e. The van der Waals surface area contributed by atoms with Gasteiger partial charge in [-0.15, -0.1) is 0 Å². The van der Waals surface area contributed by atoms with Crippen LogP contribution in [0.4, 0.5) is 11.4 Å². The maximum atomic E-state index is 12.3. The van der Waals surface area contributed by atoms with Crippen molar-refractivity contribution in [3.63, 3.8) is 0 Å². The van der Waals surface area contributed by atoms with Crippen LogP contribution in [0.2, 0.25) is 0 Å². The van der Waals surface area contributed by atoms with Gasteiger partial charge in [-0.05, 0) is 31.0 Å². The van der Waals surface area contributed by atoms with Gasteiger partial charge in [-0.1, -0.05) is 0 Å². The predicted molar refractivity (Wildman–Crippen MR) is 93.7 cm³/mol. The number of furan rings is 1. The first-order chi connectivity index (χ1) is 13.0. The lowest BCUT2D eigenvalue weighted by molar-refractivity contribution is -0.384. The number of methoxy groups -OCH3 is 1. The molecular weight excluding hydrogens is 356 g/mol. The Bertz CT molecular complexity index is 868. The molecule has 9 nitrogen and oxygen atoms in total. The third-order valence-electron chi connectivity index (χ3n) is 4.33. The molecule has 1 fully saturated rings. The minimum atomic E-state index is -0.733. The van der Waals surface area contributed by atoms with Crippen LogP contribution < -0.4 is 4.90 Å². The summed E-state index contributed by atoms with van der Waals surface area (Å²) in [5, 5.41) is 11.4. The summed E-state index contributed by atoms with van der Waals surface area (Å²) in [6.45, 7) is 1.28. The average molecular weight is 374 g/mol. The highest BCUT2D eigenvalue weighted by Gasteiger charge is 2.24. The molecule has 0 unspecified atom stereocenters. The van der Waals surface area contributed by atoms with E-state index in [1.54, 1.807) is 6.07 Å². The molecule has 0 N–H and O–H groups in total. The lowest BCUT2D eigenvalue weighted by Gasteiger charge is -2.17. The normalized spacial score (nSPS) is 13.4. The molecule has 0 atom stereocenters. The highest BCUT2D eigenvalue weighted by Crippen LogP contribution is 2.32. The summed E-state index contributed by atoms with van der Waals surface area (Å²) in [5.41, 5.74) is 0.771. The van der Waals surface area contributed by atoms with Gasteiger partial charge in [-0.2, -0.15) is 0 Å². The third-order valence-corrected chi connectivity index (χ3v) is 4.33. The van der Waals surface area contributed by atoms with Crippen molar-refractivity contribution in [1.29, 1.82) is 0 Å². The Morgan fingerprint density at radius 2 is 1.96 bits per heavy atom. The van der Waals surface area contributed by atoms with Crippen molar-refractivity contribution in [2.75, 3.05) is 25.1 Å². The van der Waals surface area contributed by atoms with Crippen molar-refractivity contribution in [3.05, 3.63) is 57.5 Å². The SMILES string of the molecule is COC(=O)c1occc1COC(=O)c1ccc(N2CCCC2)c([N+](=O)[O-])c1. The third kappa shape index (κ3) is 3.91. The van der Waals surface area contributed by atoms with Gasteiger partial charge in [0.2, 0.25) is 5.76 Å². The summed E-state index contributed by atoms with van der Waals surface area (Å²) in [6, 6.07) is 5.77. The van der Waals surface area contributed by atoms with Crippen molar-refractivity contribution < 1.29 is 28.4 Å². The summed E-state index contributed by atoms with van der Waals surface area (Å²) < 4.78 is 14.8. The fourth-order valence-corrected chi connectivity index (χ4v) is 2.97. The van der Waals surface area contributed by atoms with Crippen molar-refractivity contribution in [2.45, 2.75) is 19.4 Å². The van der Waals surface area contributed by atoms with Crippen LogP contribution in [0.25, 0.3) is 0 Å². The van der Waals surface area contributed by atoms with Gasteiger partial charge in [0.1, 0.15) is 12.3 Å². The van der Waals surface area contributed by atoms with Crippen LogP contribution >= 0.6 is 0 Å². The molecule has 1 saturated heterocycles. The fraction of sp³-hybridized carbons (Fsp3) is 0.333. The van der Waals surface area contributed by atoms with Crippen molar-refractivity contribution in [1.82, 2.24) is 0 Å². The quantitative estimate of drug-likeness (QED) is 0.431. The van der Waals surface area contributed by atoms with E-state index in [2.05, 4.69) is 4.74 Å². The Hall–Kier alpha value is -3.36. The molecule has 3 rings (SSSR count). The Morgan fingerprint density at radius 3 is 2.63 bits per heavy atom. The molecule has 0 bridgehead atoms. The average Bonchev–Trinajstić information content (AvgIpc) is 3.36. The van der Waals surface area contributed by atoms with Crippen LogP contribution in [0.3, 0.4) is 0 Å². The zero-order valence-electron chi connectivity index (χ0n) is 14.7. The standard InChI is InChI=1S/C18H18N2O7/c1-25-18(22)16-13(6-9-26-16)11-27-17(21)12-4-5-14(15(10-12)20(23)24)19-7-2-3-8-19/h4-6,9-10H,2-3,7-8,11H2,1H3. The smallest absolute Gasteiger partial charge is 0.374 e. The molecule has 9 heteroatoms. The number of carbonyl (C=O) groups excluding carboxylic acids is 2. The highest BCUT2D eigenvalue weighted by molar-refractivity contribution is 5.92. The molecule has 1 aliphatic heterocycles. The van der Waals surface area contributed by atoms with E-state index in [0.717, 1.165) is 25.9 Å². The molecule has 0 aliphatic carbocycles. The Balaban J connectivity index is 1.75. The number of ether oxygens (including phenoxy) is 2. The second-order valence-electron chi connectivity index (χ2n) is 6.00. The molecule has 0 amide bonds. The van der Waals surface area contributed by atoms with Crippen LogP contribution in [0.5, 0.6) is 0 Å². The number of carbonyl (C=O) groups is 2. The lowest BCUT2D eigenvalue weighted by atomic mass is 10.1. The van der Waals surface area contributed by atoms with Gasteiger partial charge in [0.05, 0.1) is 23.9 Å². The van der Waals surface area contributed by atoms with Gasteiger partial charge >= 0.3 is 11.9 Å². The largest absolute Gasteiger partial charge is 0.463 e. The Kier molecular flexibility index (Phi) is 5.39. The number of anilines is 1. The monoisotopic (exact) mass is 374 g/mol. The number of nitro benzene ring substituents is 1. The van der Waals surface area contributed by atoms with Gasteiger partial charge in [-0.3, -0.25) is 10.1 Å². The molecule has 1 aromatic carbocycles. The van der Waals surface area contributed by atoms with Gasteiger partial charge in [0.25, 0.3) is 5.69 Å². The minimum absolute atomic E-state index is 0.0549. The molecular formula is C18H18N2O7. The maximum absolute atomic E-state index is 12.3. The van der Waals surface area contributed by atoms with Gasteiger partial charge in [0.15, 0.2) is 0 Å². The Morgan fingerprint density at radius 1 is 1.22 bits per heavy atom. The van der Waals surface area contributed by atoms with E-state index in [1.165, 1.54) is 31.6 Å². The number of hydrogen-bond acceptors (Lipinski definition) is 8. The van der Waals surface area contributed by atoms with Gasteiger partial charge in [-0.25, -0.2) is 9.59 Å². The summed E-state index contributed by atoms with van der Waals surface area (Å²) in [7, 11) is 1.21. The highest BCUT2D eigenvalue weighted by atomic mass is 16.6. The van der Waals surface area contributed by atoms with E-state index >= 15 is 0 Å². The van der Waals surface area contributed by atoms with Crippen LogP contribution in [-0.4, -0.2) is 37.1 Å². The van der Waals surface area contributed by atoms with Crippen molar-refractivity contribution >= 4 is 23.3 Å². The number of benzene rings is 1. The van der Waals surface area contributed by atoms with Crippen LogP contribution in [-0.2, 0) is 16.1 Å². The molecule has 142 valence electrons. The fourth-order valence-electron chi connectivity index (χ4n) is 2.97. The van der Waals surface area contributed by atoms with Crippen molar-refractivity contribution in [3.8, 4) is 0 Å². The molecule has 0 spiro atoms. The first-order valence-corrected chi connectivity index (χ1v) is 8.36. The van der Waals surface area contributed by atoms with E-state index in [0.29, 0.717) is 11.3 Å². The van der Waals surface area contributed by atoms with E-state index in [-0.39, 0.29) is 23.6 Å². The minimum Gasteiger partial charge on any atom is -0.463 e. The first kappa shape index (κ1) is 18.4. The predicted octanol–water partition coefficient (Wildman–Crippen LogP) is 2.93. The molecule has 1 aliphatic rings. The first-order valence-electron chi connectivity index (χ1n) is 8.36. The molecule has 27 heavy (non-hydrogen) atoms. The second-order valence-corrected chi connectivity index (χ2v) is 6.00. The van der Waals surface area contributed by atoms with Crippen LogP contribution in [0, 0.1) is 10.1 Å². The molecule has 1 aromatic heterocycles. The van der Waals surface area contributed by atoms with E-state index in [1.807, 2.05) is 4.90 Å². The molecule has 2 aromatic rings. The van der Waals surface area contributed by atoms with Gasteiger partial charge in [0, 0.05) is 24.7 Å². The summed E-state index contributed by atoms with van der Waals surface area (Å²) in [4.78, 5) is 36.7. The molecule has 0 saturated carbocycles. The van der Waals surface area contributed by atoms with E-state index in [9.17, 15) is 19.7 Å². The van der Waals surface area contributed by atoms with E-state index < -0.39 is 16.9 Å². The Labute approximate surface area is 154 Å². The lowest BCUT2D eigenvalue weighted by Crippen LogP contribution is -2.19. The van der Waals surface area contributed by atoms with Gasteiger partial charge < -0.3 is 18.8 Å². The van der Waals surface area contributed by atoms with Crippen LogP contribution in [0.15, 0.2) is 34.9 Å². The summed E-state index contributed by atoms with van der Waals surface area (Å²) in [5.74, 6) is -1.47.